The summed E-state index contributed by atoms with van der Waals surface area (Å²) in [4.78, 5) is 0. The molecule has 5 heteroatoms. The summed E-state index contributed by atoms with van der Waals surface area (Å²) >= 11 is 0. The normalized spacial score (nSPS) is 9.30. The molecule has 0 aliphatic rings. The van der Waals surface area contributed by atoms with Crippen molar-refractivity contribution in [3.8, 4) is 12.1 Å². The van der Waals surface area contributed by atoms with Crippen LogP contribution in [0.5, 0.6) is 0 Å². The fourth-order valence-electron chi connectivity index (χ4n) is 0.253. The van der Waals surface area contributed by atoms with Gasteiger partial charge in [-0.1, -0.05) is 0 Å². The minimum Gasteiger partial charge on any atom is -0.192 e. The summed E-state index contributed by atoms with van der Waals surface area (Å²) < 4.78 is 33.9. The van der Waals surface area contributed by atoms with Crippen LogP contribution in [0.25, 0.3) is 0 Å². The number of nitriles is 2. The number of hydrogen-bond donors (Lipinski definition) is 0. The van der Waals surface area contributed by atoms with Crippen molar-refractivity contribution in [2.75, 3.05) is 0 Å². The van der Waals surface area contributed by atoms with Gasteiger partial charge in [0, 0.05) is 6.08 Å². The number of hydrogen-bond acceptors (Lipinski definition) is 2. The van der Waals surface area contributed by atoms with Gasteiger partial charge in [-0.15, -0.1) is 0 Å². The molecule has 0 aromatic rings. The van der Waals surface area contributed by atoms with Gasteiger partial charge in [0.2, 0.25) is 0 Å². The molecule has 0 unspecified atom stereocenters. The van der Waals surface area contributed by atoms with E-state index >= 15 is 0 Å². The van der Waals surface area contributed by atoms with E-state index in [2.05, 4.69) is 0 Å². The molecule has 52 valence electrons. The molecule has 0 saturated carbocycles. The van der Waals surface area contributed by atoms with Crippen LogP contribution in [0.3, 0.4) is 0 Å². The van der Waals surface area contributed by atoms with Crippen LogP contribution in [-0.2, 0) is 0 Å². The van der Waals surface area contributed by atoms with Gasteiger partial charge in [-0.05, 0) is 0 Å². The van der Waals surface area contributed by atoms with Gasteiger partial charge in [-0.2, -0.15) is 23.7 Å². The highest BCUT2D eigenvalue weighted by Gasteiger charge is 2.24. The topological polar surface area (TPSA) is 47.6 Å². The van der Waals surface area contributed by atoms with Gasteiger partial charge < -0.3 is 0 Å². The molecule has 0 aromatic heterocycles. The molecule has 0 heterocycles. The smallest absolute Gasteiger partial charge is 0.192 e. The predicted molar refractivity (Wildman–Crippen MR) is 25.4 cm³/mol. The summed E-state index contributed by atoms with van der Waals surface area (Å²) in [6, 6.07) is 2.18. The first-order valence-corrected chi connectivity index (χ1v) is 2.09. The van der Waals surface area contributed by atoms with Crippen molar-refractivity contribution in [2.24, 2.45) is 0 Å². The van der Waals surface area contributed by atoms with E-state index in [1.165, 1.54) is 0 Å². The summed E-state index contributed by atoms with van der Waals surface area (Å²) in [7, 11) is 0. The quantitative estimate of drug-likeness (QED) is 0.486. The molecular formula is C5HF3N2. The van der Waals surface area contributed by atoms with Crippen LogP contribution < -0.4 is 0 Å². The summed E-state index contributed by atoms with van der Waals surface area (Å²) in [5.41, 5.74) is -0.937. The lowest BCUT2D eigenvalue weighted by molar-refractivity contribution is -0.0801. The Morgan fingerprint density at radius 1 is 1.20 bits per heavy atom. The first-order valence-electron chi connectivity index (χ1n) is 2.09. The van der Waals surface area contributed by atoms with Gasteiger partial charge in [0.15, 0.2) is 0 Å². The summed E-state index contributed by atoms with van der Waals surface area (Å²) in [5.74, 6) is 0. The maximum Gasteiger partial charge on any atom is 0.411 e. The lowest BCUT2D eigenvalue weighted by Crippen LogP contribution is -2.02. The highest BCUT2D eigenvalue weighted by molar-refractivity contribution is 5.35. The first-order chi connectivity index (χ1) is 4.49. The average molecular weight is 146 g/mol. The van der Waals surface area contributed by atoms with Crippen molar-refractivity contribution in [3.63, 3.8) is 0 Å². The minimum atomic E-state index is -4.58. The Balaban J connectivity index is 4.50. The molecule has 0 bridgehead atoms. The third kappa shape index (κ3) is 3.50. The molecule has 0 atom stereocenters. The monoisotopic (exact) mass is 146 g/mol. The van der Waals surface area contributed by atoms with E-state index in [0.717, 1.165) is 12.1 Å². The molecule has 0 spiro atoms. The second kappa shape index (κ2) is 2.88. The molecule has 0 fully saturated rings. The van der Waals surface area contributed by atoms with Crippen molar-refractivity contribution < 1.29 is 13.2 Å². The van der Waals surface area contributed by atoms with Crippen LogP contribution in [0, 0.1) is 22.7 Å². The Labute approximate surface area is 54.8 Å². The van der Waals surface area contributed by atoms with Crippen LogP contribution in [-0.4, -0.2) is 6.18 Å². The molecule has 0 N–H and O–H groups in total. The molecule has 0 aliphatic carbocycles. The highest BCUT2D eigenvalue weighted by Crippen LogP contribution is 2.17. The van der Waals surface area contributed by atoms with Crippen LogP contribution in [0.4, 0.5) is 13.2 Å². The zero-order chi connectivity index (χ0) is 8.20. The molecular weight excluding hydrogens is 145 g/mol. The molecule has 0 rings (SSSR count). The SMILES string of the molecule is N#CC(C#N)=CC(F)(F)F. The fourth-order valence-corrected chi connectivity index (χ4v) is 0.253. The maximum absolute atomic E-state index is 11.3. The van der Waals surface area contributed by atoms with Crippen molar-refractivity contribution in [1.29, 1.82) is 10.5 Å². The number of nitrogens with zero attached hydrogens (tertiary/aromatic N) is 2. The summed E-state index contributed by atoms with van der Waals surface area (Å²) in [6.45, 7) is 0. The molecule has 0 aliphatic heterocycles. The standard InChI is InChI=1S/C5HF3N2/c6-5(7,8)1-4(2-9)3-10/h1H. The third-order valence-electron chi connectivity index (χ3n) is 0.549. The van der Waals surface area contributed by atoms with Gasteiger partial charge in [0.1, 0.15) is 17.7 Å². The van der Waals surface area contributed by atoms with Crippen LogP contribution in [0.1, 0.15) is 0 Å². The number of rotatable bonds is 0. The maximum atomic E-state index is 11.3. The van der Waals surface area contributed by atoms with Crippen molar-refractivity contribution in [1.82, 2.24) is 0 Å². The lowest BCUT2D eigenvalue weighted by atomic mass is 10.3. The Morgan fingerprint density at radius 3 is 1.70 bits per heavy atom. The largest absolute Gasteiger partial charge is 0.411 e. The number of alkyl halides is 3. The molecule has 0 radical (unpaired) electrons. The van der Waals surface area contributed by atoms with Crippen molar-refractivity contribution in [3.05, 3.63) is 11.6 Å². The van der Waals surface area contributed by atoms with E-state index in [9.17, 15) is 13.2 Å². The third-order valence-corrected chi connectivity index (χ3v) is 0.549. The van der Waals surface area contributed by atoms with Crippen LogP contribution >= 0.6 is 0 Å². The Bertz CT molecular complexity index is 209. The van der Waals surface area contributed by atoms with E-state index in [4.69, 9.17) is 10.5 Å². The predicted octanol–water partition coefficient (Wildman–Crippen LogP) is 1.52. The molecule has 2 nitrogen and oxygen atoms in total. The van der Waals surface area contributed by atoms with E-state index in [0.29, 0.717) is 0 Å². The van der Waals surface area contributed by atoms with Gasteiger partial charge >= 0.3 is 6.18 Å². The Hall–Kier alpha value is -1.49. The molecule has 0 aromatic carbocycles. The van der Waals surface area contributed by atoms with E-state index in [-0.39, 0.29) is 6.08 Å². The number of halogens is 3. The Kier molecular flexibility index (Phi) is 2.45. The lowest BCUT2D eigenvalue weighted by Gasteiger charge is -1.94. The van der Waals surface area contributed by atoms with Gasteiger partial charge in [-0.25, -0.2) is 0 Å². The van der Waals surface area contributed by atoms with Gasteiger partial charge in [0.05, 0.1) is 0 Å². The highest BCUT2D eigenvalue weighted by atomic mass is 19.4. The van der Waals surface area contributed by atoms with Gasteiger partial charge in [-0.3, -0.25) is 0 Å². The minimum absolute atomic E-state index is 0.340. The Morgan fingerprint density at radius 2 is 1.60 bits per heavy atom. The van der Waals surface area contributed by atoms with Gasteiger partial charge in [0.25, 0.3) is 0 Å². The van der Waals surface area contributed by atoms with Crippen molar-refractivity contribution in [2.45, 2.75) is 6.18 Å². The van der Waals surface area contributed by atoms with E-state index in [1.54, 1.807) is 0 Å². The second-order valence-corrected chi connectivity index (χ2v) is 1.32. The first kappa shape index (κ1) is 8.51. The van der Waals surface area contributed by atoms with Crippen LogP contribution in [0.2, 0.25) is 0 Å². The van der Waals surface area contributed by atoms with E-state index < -0.39 is 11.7 Å². The molecule has 10 heavy (non-hydrogen) atoms. The summed E-state index contributed by atoms with van der Waals surface area (Å²) in [6.07, 6.45) is -4.92. The average Bonchev–Trinajstić information content (AvgIpc) is 1.81. The second-order valence-electron chi connectivity index (χ2n) is 1.32. The van der Waals surface area contributed by atoms with Crippen LogP contribution in [0.15, 0.2) is 11.6 Å². The van der Waals surface area contributed by atoms with Crippen molar-refractivity contribution >= 4 is 0 Å². The molecule has 0 saturated heterocycles. The zero-order valence-corrected chi connectivity index (χ0v) is 4.61. The zero-order valence-electron chi connectivity index (χ0n) is 4.61. The van der Waals surface area contributed by atoms with E-state index in [1.807, 2.05) is 0 Å². The summed E-state index contributed by atoms with van der Waals surface area (Å²) in [5, 5.41) is 15.7. The molecule has 0 amide bonds. The fraction of sp³-hybridized carbons (Fsp3) is 0.200. The number of allylic oxidation sites excluding steroid dienone is 2.